The van der Waals surface area contributed by atoms with E-state index in [9.17, 15) is 5.11 Å². The van der Waals surface area contributed by atoms with Gasteiger partial charge in [0.1, 0.15) is 5.75 Å². The topological polar surface area (TPSA) is 108 Å². The van der Waals surface area contributed by atoms with Crippen LogP contribution in [-0.2, 0) is 4.74 Å². The lowest BCUT2D eigenvalue weighted by Crippen LogP contribution is -2.37. The van der Waals surface area contributed by atoms with Gasteiger partial charge >= 0.3 is 0 Å². The van der Waals surface area contributed by atoms with Gasteiger partial charge in [-0.3, -0.25) is 0 Å². The van der Waals surface area contributed by atoms with Crippen molar-refractivity contribution in [2.45, 2.75) is 0 Å². The van der Waals surface area contributed by atoms with Crippen molar-refractivity contribution in [3.05, 3.63) is 71.2 Å². The average Bonchev–Trinajstić information content (AvgIpc) is 2.87. The molecule has 9 nitrogen and oxygen atoms in total. The number of morpholine rings is 1. The lowest BCUT2D eigenvalue weighted by molar-refractivity contribution is 0.122. The Morgan fingerprint density at radius 2 is 1.76 bits per heavy atom. The number of halogens is 1. The molecule has 2 heterocycles. The lowest BCUT2D eigenvalue weighted by atomic mass is 10.1. The number of aromatic nitrogens is 3. The second kappa shape index (κ2) is 9.90. The second-order valence-corrected chi connectivity index (χ2v) is 8.04. The minimum Gasteiger partial charge on any atom is -0.507 e. The summed E-state index contributed by atoms with van der Waals surface area (Å²) < 4.78 is 5.46. The van der Waals surface area contributed by atoms with Crippen LogP contribution in [0.3, 0.4) is 0 Å². The third-order valence-corrected chi connectivity index (χ3v) is 5.55. The normalized spacial score (nSPS) is 14.0. The number of nitrogens with zero attached hydrogens (tertiary/aromatic N) is 5. The largest absolute Gasteiger partial charge is 0.507 e. The molecule has 1 aliphatic heterocycles. The van der Waals surface area contributed by atoms with E-state index in [4.69, 9.17) is 16.3 Å². The molecule has 0 radical (unpaired) electrons. The zero-order valence-electron chi connectivity index (χ0n) is 18.1. The highest BCUT2D eigenvalue weighted by molar-refractivity contribution is 6.30. The van der Waals surface area contributed by atoms with Crippen molar-refractivity contribution < 1.29 is 9.84 Å². The minimum atomic E-state index is 0.0675. The van der Waals surface area contributed by atoms with Crippen LogP contribution in [0.2, 0.25) is 5.02 Å². The van der Waals surface area contributed by atoms with Gasteiger partial charge in [0.05, 0.1) is 19.4 Å². The highest BCUT2D eigenvalue weighted by Gasteiger charge is 2.17. The predicted octanol–water partition coefficient (Wildman–Crippen LogP) is 4.41. The molecule has 0 bridgehead atoms. The fraction of sp³-hybridized carbons (Fsp3) is 0.167. The van der Waals surface area contributed by atoms with Crippen LogP contribution in [-0.4, -0.2) is 52.6 Å². The smallest absolute Gasteiger partial charge is 0.250 e. The number of aromatic hydroxyl groups is 1. The van der Waals surface area contributed by atoms with Gasteiger partial charge in [-0.1, -0.05) is 48.0 Å². The number of benzene rings is 3. The van der Waals surface area contributed by atoms with E-state index >= 15 is 0 Å². The highest BCUT2D eigenvalue weighted by atomic mass is 35.5. The molecule has 10 heteroatoms. The van der Waals surface area contributed by atoms with Crippen LogP contribution in [0, 0.1) is 0 Å². The molecule has 1 aromatic heterocycles. The van der Waals surface area contributed by atoms with E-state index in [0.29, 0.717) is 48.8 Å². The first-order valence-corrected chi connectivity index (χ1v) is 11.1. The molecule has 0 spiro atoms. The third-order valence-electron chi connectivity index (χ3n) is 5.31. The molecule has 1 saturated heterocycles. The number of nitrogens with one attached hydrogen (secondary N) is 2. The van der Waals surface area contributed by atoms with Gasteiger partial charge < -0.3 is 20.1 Å². The summed E-state index contributed by atoms with van der Waals surface area (Å²) >= 11 is 6.01. The minimum absolute atomic E-state index is 0.0675. The predicted molar refractivity (Wildman–Crippen MR) is 134 cm³/mol. The maximum absolute atomic E-state index is 9.99. The quantitative estimate of drug-likeness (QED) is 0.278. The Morgan fingerprint density at radius 1 is 0.971 bits per heavy atom. The Balaban J connectivity index is 1.45. The zero-order chi connectivity index (χ0) is 23.3. The fourth-order valence-electron chi connectivity index (χ4n) is 3.62. The Kier molecular flexibility index (Phi) is 6.37. The van der Waals surface area contributed by atoms with E-state index in [1.165, 1.54) is 12.3 Å². The molecule has 0 saturated carbocycles. The summed E-state index contributed by atoms with van der Waals surface area (Å²) in [6, 6.07) is 18.8. The number of rotatable bonds is 6. The van der Waals surface area contributed by atoms with Crippen molar-refractivity contribution in [2.24, 2.45) is 5.10 Å². The Morgan fingerprint density at radius 3 is 2.65 bits per heavy atom. The molecule has 34 heavy (non-hydrogen) atoms. The summed E-state index contributed by atoms with van der Waals surface area (Å²) in [6.45, 7) is 2.56. The Labute approximate surface area is 201 Å². The molecule has 0 amide bonds. The first kappa shape index (κ1) is 21.9. The van der Waals surface area contributed by atoms with Gasteiger partial charge in [0, 0.05) is 34.7 Å². The van der Waals surface area contributed by atoms with Crippen LogP contribution in [0.25, 0.3) is 10.8 Å². The number of hydrogen-bond donors (Lipinski definition) is 3. The van der Waals surface area contributed by atoms with Crippen molar-refractivity contribution >= 4 is 52.1 Å². The zero-order valence-corrected chi connectivity index (χ0v) is 18.9. The van der Waals surface area contributed by atoms with E-state index < -0.39 is 0 Å². The Bertz CT molecular complexity index is 1340. The molecule has 0 aliphatic carbocycles. The lowest BCUT2D eigenvalue weighted by Gasteiger charge is -2.27. The fourth-order valence-corrected chi connectivity index (χ4v) is 3.80. The van der Waals surface area contributed by atoms with E-state index in [2.05, 4.69) is 42.9 Å². The molecule has 3 aromatic carbocycles. The number of anilines is 4. The van der Waals surface area contributed by atoms with Crippen molar-refractivity contribution in [3.8, 4) is 5.75 Å². The standard InChI is InChI=1S/C24H22ClN7O2/c25-18-8-9-21(33)17(14-18)15-26-31-23-28-22(29-24(30-23)32-10-12-34-13-11-32)27-20-7-3-5-16-4-1-2-6-19(16)20/h1-9,14-15,33H,10-13H2,(H2,27,28,29,30,31). The van der Waals surface area contributed by atoms with Crippen LogP contribution < -0.4 is 15.6 Å². The van der Waals surface area contributed by atoms with Gasteiger partial charge in [0.15, 0.2) is 0 Å². The molecule has 5 rings (SSSR count). The van der Waals surface area contributed by atoms with E-state index in [1.54, 1.807) is 12.1 Å². The van der Waals surface area contributed by atoms with Gasteiger partial charge in [-0.05, 0) is 29.7 Å². The molecule has 3 N–H and O–H groups in total. The van der Waals surface area contributed by atoms with Crippen molar-refractivity contribution in [3.63, 3.8) is 0 Å². The number of hydrazone groups is 1. The summed E-state index contributed by atoms with van der Waals surface area (Å²) in [5, 5.41) is 20.2. The summed E-state index contributed by atoms with van der Waals surface area (Å²) in [5.74, 6) is 1.23. The van der Waals surface area contributed by atoms with Gasteiger partial charge in [-0.2, -0.15) is 20.1 Å². The molecule has 0 unspecified atom stereocenters. The third kappa shape index (κ3) is 5.00. The van der Waals surface area contributed by atoms with Crippen molar-refractivity contribution in [2.75, 3.05) is 41.9 Å². The maximum atomic E-state index is 9.99. The van der Waals surface area contributed by atoms with Gasteiger partial charge in [0.25, 0.3) is 0 Å². The van der Waals surface area contributed by atoms with Crippen LogP contribution in [0.1, 0.15) is 5.56 Å². The summed E-state index contributed by atoms with van der Waals surface area (Å²) in [4.78, 5) is 15.7. The average molecular weight is 476 g/mol. The molecule has 1 fully saturated rings. The number of hydrogen-bond acceptors (Lipinski definition) is 9. The molecule has 4 aromatic rings. The number of phenols is 1. The number of phenolic OH excluding ortho intramolecular Hbond substituents is 1. The first-order chi connectivity index (χ1) is 16.7. The van der Waals surface area contributed by atoms with Crippen molar-refractivity contribution in [1.82, 2.24) is 15.0 Å². The van der Waals surface area contributed by atoms with E-state index in [0.717, 1.165) is 16.5 Å². The monoisotopic (exact) mass is 475 g/mol. The number of fused-ring (bicyclic) bond motifs is 1. The van der Waals surface area contributed by atoms with Crippen LogP contribution >= 0.6 is 11.6 Å². The molecule has 172 valence electrons. The first-order valence-electron chi connectivity index (χ1n) is 10.8. The van der Waals surface area contributed by atoms with E-state index in [1.807, 2.05) is 35.2 Å². The van der Waals surface area contributed by atoms with Gasteiger partial charge in [-0.15, -0.1) is 0 Å². The summed E-state index contributed by atoms with van der Waals surface area (Å²) in [7, 11) is 0. The molecular weight excluding hydrogens is 454 g/mol. The molecular formula is C24H22ClN7O2. The van der Waals surface area contributed by atoms with Gasteiger partial charge in [-0.25, -0.2) is 5.43 Å². The SMILES string of the molecule is Oc1ccc(Cl)cc1C=NNc1nc(Nc2cccc3ccccc23)nc(N2CCOCC2)n1. The Hall–Kier alpha value is -3.95. The number of ether oxygens (including phenoxy) is 1. The summed E-state index contributed by atoms with van der Waals surface area (Å²) in [5.41, 5.74) is 4.19. The van der Waals surface area contributed by atoms with E-state index in [-0.39, 0.29) is 11.7 Å². The van der Waals surface area contributed by atoms with Crippen molar-refractivity contribution in [1.29, 1.82) is 0 Å². The van der Waals surface area contributed by atoms with Crippen LogP contribution in [0.15, 0.2) is 65.8 Å². The molecule has 1 aliphatic rings. The highest BCUT2D eigenvalue weighted by Crippen LogP contribution is 2.26. The van der Waals surface area contributed by atoms with Crippen LogP contribution in [0.5, 0.6) is 5.75 Å². The second-order valence-electron chi connectivity index (χ2n) is 7.61. The summed E-state index contributed by atoms with van der Waals surface area (Å²) in [6.07, 6.45) is 1.46. The van der Waals surface area contributed by atoms with Gasteiger partial charge in [0.2, 0.25) is 17.8 Å². The maximum Gasteiger partial charge on any atom is 0.250 e. The van der Waals surface area contributed by atoms with Crippen LogP contribution in [0.4, 0.5) is 23.5 Å². The molecule has 0 atom stereocenters.